The molecule has 4 atom stereocenters. The molecule has 1 aliphatic rings. The summed E-state index contributed by atoms with van der Waals surface area (Å²) >= 11 is 0. The average Bonchev–Trinajstić information content (AvgIpc) is 3.24. The summed E-state index contributed by atoms with van der Waals surface area (Å²) in [5.74, 6) is 0.253. The fourth-order valence-electron chi connectivity index (χ4n) is 3.21. The van der Waals surface area contributed by atoms with Gasteiger partial charge in [0.15, 0.2) is 23.5 Å². The number of anilines is 3. The van der Waals surface area contributed by atoms with Gasteiger partial charge in [0.05, 0.1) is 12.9 Å². The van der Waals surface area contributed by atoms with Crippen molar-refractivity contribution in [3.8, 4) is 0 Å². The summed E-state index contributed by atoms with van der Waals surface area (Å²) in [4.78, 5) is 24.1. The number of ether oxygens (including phenoxy) is 1. The minimum absolute atomic E-state index is 0.0409. The fourth-order valence-corrected chi connectivity index (χ4v) is 3.21. The summed E-state index contributed by atoms with van der Waals surface area (Å²) < 4.78 is 6.97. The number of fused-ring (bicyclic) bond motifs is 1. The molecule has 1 saturated heterocycles. The third-order valence-corrected chi connectivity index (χ3v) is 4.79. The monoisotopic (exact) mass is 400 g/mol. The van der Waals surface area contributed by atoms with Crippen LogP contribution in [0, 0.1) is 0 Å². The van der Waals surface area contributed by atoms with Crippen LogP contribution in [0.15, 0.2) is 30.6 Å². The minimum atomic E-state index is -1.28. The number of aliphatic hydroxyl groups is 3. The smallest absolute Gasteiger partial charge is 0.231 e. The predicted octanol–water partition coefficient (Wildman–Crippen LogP) is -0.0338. The molecule has 1 aliphatic heterocycles. The predicted molar refractivity (Wildman–Crippen MR) is 102 cm³/mol. The zero-order chi connectivity index (χ0) is 20.7. The zero-order valence-electron chi connectivity index (χ0n) is 15.4. The number of benzene rings is 1. The highest BCUT2D eigenvalue weighted by Gasteiger charge is 2.44. The number of nitrogens with two attached hydrogens (primary N) is 1. The molecule has 0 aliphatic carbocycles. The summed E-state index contributed by atoms with van der Waals surface area (Å²) in [5, 5.41) is 32.6. The van der Waals surface area contributed by atoms with Crippen LogP contribution in [-0.4, -0.2) is 65.5 Å². The summed E-state index contributed by atoms with van der Waals surface area (Å²) in [5.41, 5.74) is 7.81. The number of aromatic nitrogens is 4. The molecular formula is C18H20N6O5. The fraction of sp³-hybridized carbons (Fsp3) is 0.333. The first-order valence-corrected chi connectivity index (χ1v) is 8.89. The minimum Gasteiger partial charge on any atom is -0.394 e. The number of nitrogens with one attached hydrogen (secondary N) is 1. The number of hydrogen-bond acceptors (Lipinski definition) is 10. The number of nitrogen functional groups attached to an aromatic ring is 1. The van der Waals surface area contributed by atoms with Crippen LogP contribution in [0.25, 0.3) is 11.2 Å². The normalized spacial score (nSPS) is 24.1. The topological polar surface area (TPSA) is 169 Å². The van der Waals surface area contributed by atoms with E-state index in [1.165, 1.54) is 17.8 Å². The number of imidazole rings is 1. The third-order valence-electron chi connectivity index (χ3n) is 4.79. The quantitative estimate of drug-likeness (QED) is 0.367. The third kappa shape index (κ3) is 3.40. The molecule has 11 heteroatoms. The van der Waals surface area contributed by atoms with Gasteiger partial charge in [-0.3, -0.25) is 9.36 Å². The van der Waals surface area contributed by atoms with Crippen molar-refractivity contribution >= 4 is 34.4 Å². The number of carbonyl (C=O) groups excluding carboxylic acids is 1. The van der Waals surface area contributed by atoms with E-state index < -0.39 is 31.1 Å². The second-order valence-electron chi connectivity index (χ2n) is 6.74. The highest BCUT2D eigenvalue weighted by Crippen LogP contribution is 2.32. The van der Waals surface area contributed by atoms with E-state index in [1.54, 1.807) is 24.3 Å². The van der Waals surface area contributed by atoms with E-state index >= 15 is 0 Å². The molecule has 0 bridgehead atoms. The summed E-state index contributed by atoms with van der Waals surface area (Å²) in [6, 6.07) is 6.78. The summed E-state index contributed by atoms with van der Waals surface area (Å²) in [7, 11) is 0. The summed E-state index contributed by atoms with van der Waals surface area (Å²) in [6.07, 6.45) is -3.08. The number of nitrogens with zero attached hydrogens (tertiary/aromatic N) is 4. The Hall–Kier alpha value is -3.12. The van der Waals surface area contributed by atoms with Crippen LogP contribution in [0.5, 0.6) is 0 Å². The molecule has 29 heavy (non-hydrogen) atoms. The van der Waals surface area contributed by atoms with Crippen LogP contribution in [0.3, 0.4) is 0 Å². The van der Waals surface area contributed by atoms with Gasteiger partial charge in [-0.15, -0.1) is 0 Å². The Kier molecular flexibility index (Phi) is 4.88. The lowest BCUT2D eigenvalue weighted by molar-refractivity contribution is -0.0511. The van der Waals surface area contributed by atoms with Crippen molar-refractivity contribution in [1.29, 1.82) is 0 Å². The van der Waals surface area contributed by atoms with Crippen molar-refractivity contribution in [1.82, 2.24) is 19.5 Å². The van der Waals surface area contributed by atoms with Crippen molar-refractivity contribution in [3.63, 3.8) is 0 Å². The van der Waals surface area contributed by atoms with Crippen LogP contribution in [0.1, 0.15) is 23.5 Å². The maximum absolute atomic E-state index is 11.4. The van der Waals surface area contributed by atoms with E-state index in [4.69, 9.17) is 10.5 Å². The molecule has 152 valence electrons. The van der Waals surface area contributed by atoms with Crippen molar-refractivity contribution < 1.29 is 24.9 Å². The first-order chi connectivity index (χ1) is 13.9. The number of Topliss-reactive ketones (excluding diaryl/α,β-unsaturated/α-hetero) is 1. The second kappa shape index (κ2) is 7.37. The SMILES string of the molecule is CC(=O)c1ccc(Nc2nc(N)c3ncn([C@@H]4O[C@H](CO)C(O)C4O)c3n2)cc1. The van der Waals surface area contributed by atoms with Gasteiger partial charge in [0, 0.05) is 11.3 Å². The molecule has 0 saturated carbocycles. The van der Waals surface area contributed by atoms with Gasteiger partial charge < -0.3 is 31.1 Å². The number of rotatable bonds is 5. The average molecular weight is 400 g/mol. The largest absolute Gasteiger partial charge is 0.394 e. The maximum Gasteiger partial charge on any atom is 0.231 e. The van der Waals surface area contributed by atoms with Gasteiger partial charge in [0.1, 0.15) is 23.8 Å². The van der Waals surface area contributed by atoms with Crippen LogP contribution in [0.4, 0.5) is 17.5 Å². The number of ketones is 1. The maximum atomic E-state index is 11.4. The Morgan fingerprint density at radius 2 is 1.97 bits per heavy atom. The van der Waals surface area contributed by atoms with Gasteiger partial charge in [0.2, 0.25) is 5.95 Å². The lowest BCUT2D eigenvalue weighted by Crippen LogP contribution is -2.33. The van der Waals surface area contributed by atoms with E-state index in [2.05, 4.69) is 20.3 Å². The van der Waals surface area contributed by atoms with Gasteiger partial charge in [-0.2, -0.15) is 9.97 Å². The Labute approximate surface area is 164 Å². The molecule has 0 radical (unpaired) electrons. The van der Waals surface area contributed by atoms with Gasteiger partial charge in [-0.05, 0) is 31.2 Å². The molecule has 4 rings (SSSR count). The lowest BCUT2D eigenvalue weighted by Gasteiger charge is -2.17. The molecule has 2 aromatic heterocycles. The molecule has 0 spiro atoms. The van der Waals surface area contributed by atoms with Crippen LogP contribution in [0.2, 0.25) is 0 Å². The van der Waals surface area contributed by atoms with Gasteiger partial charge >= 0.3 is 0 Å². The molecule has 3 heterocycles. The number of aliphatic hydroxyl groups excluding tert-OH is 3. The van der Waals surface area contributed by atoms with E-state index in [-0.39, 0.29) is 23.2 Å². The van der Waals surface area contributed by atoms with Crippen molar-refractivity contribution in [2.45, 2.75) is 31.5 Å². The Balaban J connectivity index is 1.67. The van der Waals surface area contributed by atoms with Gasteiger partial charge in [0.25, 0.3) is 0 Å². The van der Waals surface area contributed by atoms with Crippen LogP contribution < -0.4 is 11.1 Å². The molecule has 1 fully saturated rings. The second-order valence-corrected chi connectivity index (χ2v) is 6.74. The van der Waals surface area contributed by atoms with Gasteiger partial charge in [-0.1, -0.05) is 0 Å². The zero-order valence-corrected chi connectivity index (χ0v) is 15.4. The molecule has 1 aromatic carbocycles. The highest BCUT2D eigenvalue weighted by molar-refractivity contribution is 5.94. The first-order valence-electron chi connectivity index (χ1n) is 8.89. The molecule has 0 amide bonds. The van der Waals surface area contributed by atoms with E-state index in [1.807, 2.05) is 0 Å². The Bertz CT molecular complexity index is 1050. The van der Waals surface area contributed by atoms with E-state index in [0.29, 0.717) is 16.8 Å². The number of hydrogen-bond donors (Lipinski definition) is 5. The molecular weight excluding hydrogens is 380 g/mol. The highest BCUT2D eigenvalue weighted by atomic mass is 16.6. The Morgan fingerprint density at radius 1 is 1.24 bits per heavy atom. The molecule has 2 unspecified atom stereocenters. The molecule has 11 nitrogen and oxygen atoms in total. The standard InChI is InChI=1S/C18H20N6O5/c1-8(26)9-2-4-10(5-3-9)21-18-22-15(19)12-16(23-18)24(7-20-12)17-14(28)13(27)11(6-25)29-17/h2-5,7,11,13-14,17,25,27-28H,6H2,1H3,(H3,19,21,22,23)/t11-,13?,14?,17-/m1/s1. The summed E-state index contributed by atoms with van der Waals surface area (Å²) in [6.45, 7) is 1.04. The lowest BCUT2D eigenvalue weighted by atomic mass is 10.1. The van der Waals surface area contributed by atoms with Crippen molar-refractivity contribution in [3.05, 3.63) is 36.2 Å². The van der Waals surface area contributed by atoms with Crippen LogP contribution >= 0.6 is 0 Å². The molecule has 3 aromatic rings. The van der Waals surface area contributed by atoms with E-state index in [9.17, 15) is 20.1 Å². The van der Waals surface area contributed by atoms with E-state index in [0.717, 1.165) is 0 Å². The van der Waals surface area contributed by atoms with Crippen molar-refractivity contribution in [2.75, 3.05) is 17.7 Å². The van der Waals surface area contributed by atoms with Crippen LogP contribution in [-0.2, 0) is 4.74 Å². The van der Waals surface area contributed by atoms with Gasteiger partial charge in [-0.25, -0.2) is 4.98 Å². The van der Waals surface area contributed by atoms with Crippen molar-refractivity contribution in [2.24, 2.45) is 0 Å². The Morgan fingerprint density at radius 3 is 2.59 bits per heavy atom. The number of carbonyl (C=O) groups is 1. The molecule has 6 N–H and O–H groups in total. The first kappa shape index (κ1) is 19.2.